The molecule has 0 aliphatic heterocycles. The molecule has 0 radical (unpaired) electrons. The van der Waals surface area contributed by atoms with Gasteiger partial charge < -0.3 is 10.1 Å². The Bertz CT molecular complexity index is 875. The normalized spacial score (nSPS) is 10.3. The number of anilines is 1. The number of hydrogen-bond acceptors (Lipinski definition) is 2. The molecule has 0 spiro atoms. The van der Waals surface area contributed by atoms with Crippen LogP contribution in [-0.2, 0) is 6.61 Å². The number of ether oxygens (including phenoxy) is 1. The maximum Gasteiger partial charge on any atom is 0.255 e. The predicted octanol–water partition coefficient (Wildman–Crippen LogP) is 5.48. The quantitative estimate of drug-likeness (QED) is 0.661. The summed E-state index contributed by atoms with van der Waals surface area (Å²) in [6.45, 7) is 2.37. The molecule has 3 aromatic carbocycles. The van der Waals surface area contributed by atoms with Gasteiger partial charge in [-0.3, -0.25) is 4.79 Å². The van der Waals surface area contributed by atoms with Crippen LogP contribution in [0.1, 0.15) is 21.5 Å². The Hall–Kier alpha value is -2.78. The van der Waals surface area contributed by atoms with Crippen molar-refractivity contribution < 1.29 is 9.53 Å². The van der Waals surface area contributed by atoms with Gasteiger partial charge in [-0.1, -0.05) is 41.9 Å². The maximum absolute atomic E-state index is 12.3. The van der Waals surface area contributed by atoms with Gasteiger partial charge in [-0.2, -0.15) is 0 Å². The topological polar surface area (TPSA) is 38.3 Å². The minimum Gasteiger partial charge on any atom is -0.489 e. The van der Waals surface area contributed by atoms with E-state index in [2.05, 4.69) is 5.32 Å². The van der Waals surface area contributed by atoms with Crippen molar-refractivity contribution in [3.8, 4) is 5.75 Å². The van der Waals surface area contributed by atoms with Crippen molar-refractivity contribution in [3.05, 3.63) is 94.5 Å². The number of benzene rings is 3. The summed E-state index contributed by atoms with van der Waals surface area (Å²) >= 11 is 6.11. The third-order valence-corrected chi connectivity index (χ3v) is 4.11. The third-order valence-electron chi connectivity index (χ3n) is 3.74. The molecule has 126 valence electrons. The molecule has 3 aromatic rings. The second-order valence-corrected chi connectivity index (χ2v) is 6.14. The van der Waals surface area contributed by atoms with Crippen LogP contribution in [0.2, 0.25) is 5.02 Å². The molecule has 0 atom stereocenters. The number of carbonyl (C=O) groups excluding carboxylic acids is 1. The molecule has 0 saturated carbocycles. The molecule has 0 bridgehead atoms. The molecule has 4 heteroatoms. The van der Waals surface area contributed by atoms with Crippen molar-refractivity contribution in [2.75, 3.05) is 5.32 Å². The van der Waals surface area contributed by atoms with E-state index in [1.165, 1.54) is 0 Å². The van der Waals surface area contributed by atoms with Crippen molar-refractivity contribution >= 4 is 23.2 Å². The van der Waals surface area contributed by atoms with E-state index in [4.69, 9.17) is 16.3 Å². The number of amides is 1. The fraction of sp³-hybridized carbons (Fsp3) is 0.0952. The summed E-state index contributed by atoms with van der Waals surface area (Å²) < 4.78 is 5.73. The number of hydrogen-bond donors (Lipinski definition) is 1. The first-order chi connectivity index (χ1) is 12.1. The molecule has 1 N–H and O–H groups in total. The summed E-state index contributed by atoms with van der Waals surface area (Å²) in [5, 5.41) is 3.56. The highest BCUT2D eigenvalue weighted by Crippen LogP contribution is 2.19. The van der Waals surface area contributed by atoms with E-state index in [9.17, 15) is 4.79 Å². The lowest BCUT2D eigenvalue weighted by Crippen LogP contribution is -2.11. The number of carbonyl (C=O) groups is 1. The van der Waals surface area contributed by atoms with Crippen LogP contribution in [0.3, 0.4) is 0 Å². The first-order valence-corrected chi connectivity index (χ1v) is 8.34. The molecular formula is C21H18ClNO2. The van der Waals surface area contributed by atoms with E-state index in [1.807, 2.05) is 55.5 Å². The minimum absolute atomic E-state index is 0.150. The Kier molecular flexibility index (Phi) is 5.36. The van der Waals surface area contributed by atoms with Crippen LogP contribution < -0.4 is 10.1 Å². The standard InChI is InChI=1S/C21H18ClNO2/c1-15-5-4-7-18(13-15)23-21(24)16-9-11-19(12-10-16)25-14-17-6-2-3-8-20(17)22/h2-13H,14H2,1H3,(H,23,24). The van der Waals surface area contributed by atoms with Crippen molar-refractivity contribution in [2.24, 2.45) is 0 Å². The molecule has 0 aromatic heterocycles. The van der Waals surface area contributed by atoms with Crippen LogP contribution in [0.15, 0.2) is 72.8 Å². The maximum atomic E-state index is 12.3. The second kappa shape index (κ2) is 7.86. The number of rotatable bonds is 5. The van der Waals surface area contributed by atoms with Gasteiger partial charge in [-0.15, -0.1) is 0 Å². The first kappa shape index (κ1) is 17.1. The lowest BCUT2D eigenvalue weighted by Gasteiger charge is -2.09. The molecule has 0 fully saturated rings. The number of aryl methyl sites for hydroxylation is 1. The Morgan fingerprint density at radius 2 is 1.76 bits per heavy atom. The van der Waals surface area contributed by atoms with Gasteiger partial charge in [0.05, 0.1) is 0 Å². The molecular weight excluding hydrogens is 334 g/mol. The zero-order chi connectivity index (χ0) is 17.6. The summed E-state index contributed by atoms with van der Waals surface area (Å²) in [6, 6.07) is 22.3. The van der Waals surface area contributed by atoms with Crippen molar-refractivity contribution in [1.82, 2.24) is 0 Å². The number of halogens is 1. The van der Waals surface area contributed by atoms with Crippen molar-refractivity contribution in [1.29, 1.82) is 0 Å². The average Bonchev–Trinajstić information content (AvgIpc) is 2.61. The summed E-state index contributed by atoms with van der Waals surface area (Å²) in [5.41, 5.74) is 3.38. The minimum atomic E-state index is -0.150. The van der Waals surface area contributed by atoms with Gasteiger partial charge in [-0.25, -0.2) is 0 Å². The highest BCUT2D eigenvalue weighted by molar-refractivity contribution is 6.31. The molecule has 0 aliphatic carbocycles. The van der Waals surface area contributed by atoms with Gasteiger partial charge in [0.1, 0.15) is 12.4 Å². The summed E-state index contributed by atoms with van der Waals surface area (Å²) in [7, 11) is 0. The van der Waals surface area contributed by atoms with Gasteiger partial charge in [0.2, 0.25) is 0 Å². The highest BCUT2D eigenvalue weighted by Gasteiger charge is 2.07. The van der Waals surface area contributed by atoms with Crippen molar-refractivity contribution in [3.63, 3.8) is 0 Å². The van der Waals surface area contributed by atoms with Crippen LogP contribution in [0.25, 0.3) is 0 Å². The monoisotopic (exact) mass is 351 g/mol. The Balaban J connectivity index is 1.61. The molecule has 0 heterocycles. The van der Waals surface area contributed by atoms with E-state index < -0.39 is 0 Å². The lowest BCUT2D eigenvalue weighted by molar-refractivity contribution is 0.102. The Morgan fingerprint density at radius 3 is 2.48 bits per heavy atom. The van der Waals surface area contributed by atoms with Crippen LogP contribution in [0.4, 0.5) is 5.69 Å². The average molecular weight is 352 g/mol. The summed E-state index contributed by atoms with van der Waals surface area (Å²) in [6.07, 6.45) is 0. The first-order valence-electron chi connectivity index (χ1n) is 7.96. The lowest BCUT2D eigenvalue weighted by atomic mass is 10.2. The Labute approximate surface area is 152 Å². The van der Waals surface area contributed by atoms with E-state index in [1.54, 1.807) is 24.3 Å². The van der Waals surface area contributed by atoms with E-state index >= 15 is 0 Å². The molecule has 3 nitrogen and oxygen atoms in total. The number of nitrogens with one attached hydrogen (secondary N) is 1. The predicted molar refractivity (Wildman–Crippen MR) is 101 cm³/mol. The third kappa shape index (κ3) is 4.61. The van der Waals surface area contributed by atoms with Crippen LogP contribution in [0, 0.1) is 6.92 Å². The molecule has 0 saturated heterocycles. The smallest absolute Gasteiger partial charge is 0.255 e. The summed E-state index contributed by atoms with van der Waals surface area (Å²) in [4.78, 5) is 12.3. The molecule has 0 aliphatic rings. The fourth-order valence-corrected chi connectivity index (χ4v) is 2.60. The van der Waals surface area contributed by atoms with Gasteiger partial charge in [0.15, 0.2) is 0 Å². The molecule has 0 unspecified atom stereocenters. The SMILES string of the molecule is Cc1cccc(NC(=O)c2ccc(OCc3ccccc3Cl)cc2)c1. The van der Waals surface area contributed by atoms with Crippen LogP contribution >= 0.6 is 11.6 Å². The van der Waals surface area contributed by atoms with Gasteiger partial charge in [-0.05, 0) is 55.0 Å². The second-order valence-electron chi connectivity index (χ2n) is 5.73. The van der Waals surface area contributed by atoms with E-state index in [0.717, 1.165) is 16.8 Å². The molecule has 25 heavy (non-hydrogen) atoms. The largest absolute Gasteiger partial charge is 0.489 e. The van der Waals surface area contributed by atoms with Crippen molar-refractivity contribution in [2.45, 2.75) is 13.5 Å². The fourth-order valence-electron chi connectivity index (χ4n) is 2.41. The summed E-state index contributed by atoms with van der Waals surface area (Å²) in [5.74, 6) is 0.537. The zero-order valence-electron chi connectivity index (χ0n) is 13.8. The highest BCUT2D eigenvalue weighted by atomic mass is 35.5. The van der Waals surface area contributed by atoms with Crippen LogP contribution in [0.5, 0.6) is 5.75 Å². The van der Waals surface area contributed by atoms with Gasteiger partial charge in [0, 0.05) is 21.8 Å². The molecule has 3 rings (SSSR count). The van der Waals surface area contributed by atoms with E-state index in [0.29, 0.717) is 22.9 Å². The van der Waals surface area contributed by atoms with Crippen LogP contribution in [-0.4, -0.2) is 5.91 Å². The Morgan fingerprint density at radius 1 is 1.00 bits per heavy atom. The zero-order valence-corrected chi connectivity index (χ0v) is 14.6. The molecule has 1 amide bonds. The van der Waals surface area contributed by atoms with E-state index in [-0.39, 0.29) is 5.91 Å². The van der Waals surface area contributed by atoms with Gasteiger partial charge in [0.25, 0.3) is 5.91 Å². The van der Waals surface area contributed by atoms with Gasteiger partial charge >= 0.3 is 0 Å².